The van der Waals surface area contributed by atoms with Gasteiger partial charge in [-0.3, -0.25) is 9.69 Å². The van der Waals surface area contributed by atoms with E-state index in [0.29, 0.717) is 32.6 Å². The van der Waals surface area contributed by atoms with E-state index < -0.39 is 5.97 Å². The molecule has 1 rings (SSSR count). The zero-order valence-electron chi connectivity index (χ0n) is 10.6. The number of piperazine rings is 1. The fourth-order valence-electron chi connectivity index (χ4n) is 1.80. The number of nitrogens with zero attached hydrogens (tertiary/aromatic N) is 2. The first kappa shape index (κ1) is 14.3. The number of terminal acetylenes is 1. The molecular weight excluding hydrogens is 234 g/mol. The molecule has 2 amide bonds. The molecule has 1 saturated heterocycles. The van der Waals surface area contributed by atoms with Gasteiger partial charge in [-0.25, -0.2) is 4.79 Å². The minimum absolute atomic E-state index is 0.0252. The van der Waals surface area contributed by atoms with Gasteiger partial charge in [0.2, 0.25) is 0 Å². The second-order valence-electron chi connectivity index (χ2n) is 4.23. The lowest BCUT2D eigenvalue weighted by atomic mass is 10.2. The Balaban J connectivity index is 2.36. The highest BCUT2D eigenvalue weighted by atomic mass is 16.4. The standard InChI is InChI=1S/C12H19N3O3/c1-3-10(4-2)13-12(18)15-7-5-14(6-8-15)9-11(16)17/h1,10H,4-9H2,2H3,(H,13,18)(H,16,17). The Morgan fingerprint density at radius 1 is 1.39 bits per heavy atom. The number of aliphatic carboxylic acids is 1. The zero-order valence-corrected chi connectivity index (χ0v) is 10.6. The van der Waals surface area contributed by atoms with Crippen LogP contribution in [0, 0.1) is 12.3 Å². The molecule has 18 heavy (non-hydrogen) atoms. The molecule has 1 heterocycles. The van der Waals surface area contributed by atoms with Crippen LogP contribution in [0.3, 0.4) is 0 Å². The van der Waals surface area contributed by atoms with E-state index in [1.54, 1.807) is 4.90 Å². The summed E-state index contributed by atoms with van der Waals surface area (Å²) in [6, 6.07) is -0.413. The summed E-state index contributed by atoms with van der Waals surface area (Å²) in [4.78, 5) is 25.9. The number of carboxylic acid groups (broad SMARTS) is 1. The van der Waals surface area contributed by atoms with Crippen molar-refractivity contribution in [2.24, 2.45) is 0 Å². The van der Waals surface area contributed by atoms with Gasteiger partial charge in [-0.1, -0.05) is 12.8 Å². The number of hydrogen-bond donors (Lipinski definition) is 2. The van der Waals surface area contributed by atoms with Crippen molar-refractivity contribution in [1.82, 2.24) is 15.1 Å². The molecule has 0 aromatic rings. The molecule has 2 N–H and O–H groups in total. The highest BCUT2D eigenvalue weighted by Crippen LogP contribution is 2.02. The molecule has 0 aromatic carbocycles. The molecule has 0 radical (unpaired) electrons. The molecule has 6 nitrogen and oxygen atoms in total. The number of carboxylic acids is 1. The summed E-state index contributed by atoms with van der Waals surface area (Å²) in [7, 11) is 0. The molecule has 0 spiro atoms. The van der Waals surface area contributed by atoms with E-state index in [0.717, 1.165) is 0 Å². The van der Waals surface area contributed by atoms with Crippen LogP contribution in [-0.2, 0) is 4.79 Å². The third-order valence-corrected chi connectivity index (χ3v) is 2.93. The quantitative estimate of drug-likeness (QED) is 0.681. The average Bonchev–Trinajstić information content (AvgIpc) is 2.35. The van der Waals surface area contributed by atoms with Crippen LogP contribution in [-0.4, -0.2) is 65.7 Å². The third-order valence-electron chi connectivity index (χ3n) is 2.93. The Bertz CT molecular complexity index is 343. The lowest BCUT2D eigenvalue weighted by Gasteiger charge is -2.34. The summed E-state index contributed by atoms with van der Waals surface area (Å²) in [6.07, 6.45) is 5.98. The van der Waals surface area contributed by atoms with Gasteiger partial charge >= 0.3 is 12.0 Å². The Hall–Kier alpha value is -1.74. The molecule has 1 fully saturated rings. The topological polar surface area (TPSA) is 72.9 Å². The van der Waals surface area contributed by atoms with Gasteiger partial charge in [-0.15, -0.1) is 6.42 Å². The monoisotopic (exact) mass is 253 g/mol. The summed E-state index contributed by atoms with van der Waals surface area (Å²) >= 11 is 0. The van der Waals surface area contributed by atoms with Crippen LogP contribution < -0.4 is 5.32 Å². The van der Waals surface area contributed by atoms with Crippen LogP contribution >= 0.6 is 0 Å². The number of rotatable bonds is 4. The fourth-order valence-corrected chi connectivity index (χ4v) is 1.80. The molecule has 0 saturated carbocycles. The zero-order chi connectivity index (χ0) is 13.5. The smallest absolute Gasteiger partial charge is 0.318 e. The number of nitrogens with one attached hydrogen (secondary N) is 1. The number of carbonyl (C=O) groups excluding carboxylic acids is 1. The summed E-state index contributed by atoms with van der Waals surface area (Å²) in [5.74, 6) is 1.67. The van der Waals surface area contributed by atoms with E-state index in [4.69, 9.17) is 11.5 Å². The SMILES string of the molecule is C#CC(CC)NC(=O)N1CCN(CC(=O)O)CC1. The van der Waals surface area contributed by atoms with E-state index in [9.17, 15) is 9.59 Å². The molecule has 1 aliphatic rings. The van der Waals surface area contributed by atoms with E-state index in [1.807, 2.05) is 11.8 Å². The van der Waals surface area contributed by atoms with Gasteiger partial charge in [0.15, 0.2) is 0 Å². The van der Waals surface area contributed by atoms with Crippen LogP contribution in [0.4, 0.5) is 4.79 Å². The van der Waals surface area contributed by atoms with Gasteiger partial charge in [0, 0.05) is 26.2 Å². The molecule has 1 aliphatic heterocycles. The highest BCUT2D eigenvalue weighted by Gasteiger charge is 2.22. The Morgan fingerprint density at radius 3 is 2.44 bits per heavy atom. The van der Waals surface area contributed by atoms with Crippen LogP contribution in [0.25, 0.3) is 0 Å². The molecule has 0 bridgehead atoms. The first-order chi connectivity index (χ1) is 8.56. The van der Waals surface area contributed by atoms with Crippen molar-refractivity contribution in [2.45, 2.75) is 19.4 Å². The van der Waals surface area contributed by atoms with Gasteiger partial charge in [-0.2, -0.15) is 0 Å². The van der Waals surface area contributed by atoms with Crippen molar-refractivity contribution in [2.75, 3.05) is 32.7 Å². The van der Waals surface area contributed by atoms with Gasteiger partial charge in [0.1, 0.15) is 0 Å². The maximum absolute atomic E-state index is 11.8. The summed E-state index contributed by atoms with van der Waals surface area (Å²) in [5, 5.41) is 11.4. The molecule has 100 valence electrons. The van der Waals surface area contributed by atoms with Gasteiger partial charge < -0.3 is 15.3 Å². The Labute approximate surface area is 107 Å². The Kier molecular flexibility index (Phi) is 5.46. The number of hydrogen-bond acceptors (Lipinski definition) is 3. The summed E-state index contributed by atoms with van der Waals surface area (Å²) in [6.45, 7) is 4.15. The Morgan fingerprint density at radius 2 is 2.00 bits per heavy atom. The number of urea groups is 1. The molecule has 1 atom stereocenters. The normalized spacial score (nSPS) is 17.9. The highest BCUT2D eigenvalue weighted by molar-refractivity contribution is 5.75. The predicted octanol–water partition coefficient (Wildman–Crippen LogP) is -0.190. The maximum Gasteiger partial charge on any atom is 0.318 e. The average molecular weight is 253 g/mol. The maximum atomic E-state index is 11.8. The van der Waals surface area contributed by atoms with E-state index in [2.05, 4.69) is 11.2 Å². The second kappa shape index (κ2) is 6.87. The first-order valence-electron chi connectivity index (χ1n) is 6.02. The van der Waals surface area contributed by atoms with Gasteiger partial charge in [0.05, 0.1) is 12.6 Å². The summed E-state index contributed by atoms with van der Waals surface area (Å²) in [5.41, 5.74) is 0. The van der Waals surface area contributed by atoms with Crippen LogP contribution in [0.15, 0.2) is 0 Å². The molecule has 0 aliphatic carbocycles. The largest absolute Gasteiger partial charge is 0.480 e. The van der Waals surface area contributed by atoms with Crippen molar-refractivity contribution in [3.8, 4) is 12.3 Å². The van der Waals surface area contributed by atoms with Crippen molar-refractivity contribution >= 4 is 12.0 Å². The minimum atomic E-state index is -0.841. The van der Waals surface area contributed by atoms with E-state index in [1.165, 1.54) is 0 Å². The van der Waals surface area contributed by atoms with Crippen molar-refractivity contribution in [1.29, 1.82) is 0 Å². The van der Waals surface area contributed by atoms with Gasteiger partial charge in [-0.05, 0) is 6.42 Å². The summed E-state index contributed by atoms with van der Waals surface area (Å²) < 4.78 is 0. The minimum Gasteiger partial charge on any atom is -0.480 e. The van der Waals surface area contributed by atoms with E-state index in [-0.39, 0.29) is 18.6 Å². The van der Waals surface area contributed by atoms with Crippen molar-refractivity contribution in [3.63, 3.8) is 0 Å². The number of amides is 2. The van der Waals surface area contributed by atoms with Crippen molar-refractivity contribution < 1.29 is 14.7 Å². The first-order valence-corrected chi connectivity index (χ1v) is 6.02. The van der Waals surface area contributed by atoms with E-state index >= 15 is 0 Å². The number of carbonyl (C=O) groups is 2. The molecule has 6 heteroatoms. The lowest BCUT2D eigenvalue weighted by Crippen LogP contribution is -2.53. The van der Waals surface area contributed by atoms with Crippen molar-refractivity contribution in [3.05, 3.63) is 0 Å². The van der Waals surface area contributed by atoms with Gasteiger partial charge in [0.25, 0.3) is 0 Å². The lowest BCUT2D eigenvalue weighted by molar-refractivity contribution is -0.138. The molecular formula is C12H19N3O3. The van der Waals surface area contributed by atoms with Crippen LogP contribution in [0.5, 0.6) is 0 Å². The predicted molar refractivity (Wildman–Crippen MR) is 67.1 cm³/mol. The van der Waals surface area contributed by atoms with Crippen LogP contribution in [0.2, 0.25) is 0 Å². The fraction of sp³-hybridized carbons (Fsp3) is 0.667. The second-order valence-corrected chi connectivity index (χ2v) is 4.23. The van der Waals surface area contributed by atoms with Crippen LogP contribution in [0.1, 0.15) is 13.3 Å². The molecule has 0 aromatic heterocycles. The third kappa shape index (κ3) is 4.26. The molecule has 1 unspecified atom stereocenters.